The van der Waals surface area contributed by atoms with Crippen LogP contribution in [0, 0.1) is 0 Å². The number of hydrogen-bond acceptors (Lipinski definition) is 7. The molecule has 1 amide bonds. The zero-order valence-electron chi connectivity index (χ0n) is 16.8. The van der Waals surface area contributed by atoms with Gasteiger partial charge in [-0.1, -0.05) is 36.0 Å². The Morgan fingerprint density at radius 2 is 1.81 bits per heavy atom. The fourth-order valence-electron chi connectivity index (χ4n) is 3.56. The lowest BCUT2D eigenvalue weighted by Crippen LogP contribution is -2.19. The van der Waals surface area contributed by atoms with Crippen molar-refractivity contribution in [2.45, 2.75) is 17.2 Å². The molecule has 0 saturated carbocycles. The van der Waals surface area contributed by atoms with Gasteiger partial charge in [-0.15, -0.1) is 21.5 Å². The van der Waals surface area contributed by atoms with Crippen LogP contribution in [0.15, 0.2) is 65.0 Å². The van der Waals surface area contributed by atoms with Gasteiger partial charge in [0, 0.05) is 24.3 Å². The number of thioether (sulfide) groups is 1. The van der Waals surface area contributed by atoms with Gasteiger partial charge in [0.1, 0.15) is 0 Å². The molecule has 1 aliphatic heterocycles. The number of carbonyl (C=O) groups is 1. The van der Waals surface area contributed by atoms with Gasteiger partial charge in [-0.25, -0.2) is 4.98 Å². The summed E-state index contributed by atoms with van der Waals surface area (Å²) in [4.78, 5) is 19.2. The summed E-state index contributed by atoms with van der Waals surface area (Å²) in [6.07, 6.45) is 2.44. The van der Waals surface area contributed by atoms with Crippen LogP contribution in [-0.4, -0.2) is 39.9 Å². The van der Waals surface area contributed by atoms with E-state index in [1.165, 1.54) is 24.6 Å². The predicted octanol–water partition coefficient (Wildman–Crippen LogP) is 5.08. The van der Waals surface area contributed by atoms with E-state index in [0.717, 1.165) is 50.4 Å². The number of fused-ring (bicyclic) bond motifs is 1. The number of benzene rings is 2. The van der Waals surface area contributed by atoms with Crippen molar-refractivity contribution < 1.29 is 4.79 Å². The second-order valence-corrected chi connectivity index (χ2v) is 9.59. The largest absolute Gasteiger partial charge is 0.355 e. The molecule has 2 aromatic carbocycles. The van der Waals surface area contributed by atoms with E-state index in [0.29, 0.717) is 5.75 Å². The van der Waals surface area contributed by atoms with Gasteiger partial charge >= 0.3 is 0 Å². The minimum absolute atomic E-state index is 0.0493. The van der Waals surface area contributed by atoms with Gasteiger partial charge in [0.2, 0.25) is 5.91 Å². The topological polar surface area (TPSA) is 71.0 Å². The maximum Gasteiger partial charge on any atom is 0.234 e. The Morgan fingerprint density at radius 3 is 2.55 bits per heavy atom. The molecule has 5 rings (SSSR count). The Hall–Kier alpha value is -2.97. The highest BCUT2D eigenvalue weighted by atomic mass is 32.2. The van der Waals surface area contributed by atoms with E-state index < -0.39 is 0 Å². The van der Waals surface area contributed by atoms with Crippen molar-refractivity contribution in [2.24, 2.45) is 0 Å². The lowest BCUT2D eigenvalue weighted by atomic mass is 10.1. The van der Waals surface area contributed by atoms with Crippen molar-refractivity contribution in [3.05, 3.63) is 60.7 Å². The summed E-state index contributed by atoms with van der Waals surface area (Å²) in [5.41, 5.74) is 3.54. The van der Waals surface area contributed by atoms with E-state index in [1.807, 2.05) is 60.7 Å². The third-order valence-electron chi connectivity index (χ3n) is 5.15. The second-order valence-electron chi connectivity index (χ2n) is 7.33. The van der Waals surface area contributed by atoms with Gasteiger partial charge in [0.05, 0.1) is 21.7 Å². The molecule has 3 heterocycles. The van der Waals surface area contributed by atoms with Gasteiger partial charge in [0.15, 0.2) is 10.2 Å². The van der Waals surface area contributed by atoms with E-state index in [4.69, 9.17) is 0 Å². The molecule has 4 aromatic rings. The summed E-state index contributed by atoms with van der Waals surface area (Å²) >= 11 is 3.07. The number of amides is 1. The molecule has 2 aromatic heterocycles. The average Bonchev–Trinajstić information content (AvgIpc) is 3.48. The van der Waals surface area contributed by atoms with Crippen molar-refractivity contribution in [1.82, 2.24) is 15.2 Å². The Morgan fingerprint density at radius 1 is 1.00 bits per heavy atom. The van der Waals surface area contributed by atoms with Crippen LogP contribution < -0.4 is 10.2 Å². The highest BCUT2D eigenvalue weighted by molar-refractivity contribution is 8.01. The first-order valence-corrected chi connectivity index (χ1v) is 12.0. The van der Waals surface area contributed by atoms with E-state index >= 15 is 0 Å². The van der Waals surface area contributed by atoms with E-state index in [-0.39, 0.29) is 5.91 Å². The summed E-state index contributed by atoms with van der Waals surface area (Å²) in [5, 5.41) is 11.7. The van der Waals surface area contributed by atoms with Crippen LogP contribution in [0.25, 0.3) is 21.5 Å². The quantitative estimate of drug-likeness (QED) is 0.416. The molecule has 1 N–H and O–H groups in total. The maximum atomic E-state index is 12.3. The van der Waals surface area contributed by atoms with Crippen LogP contribution in [-0.2, 0) is 4.79 Å². The van der Waals surface area contributed by atoms with Crippen molar-refractivity contribution in [1.29, 1.82) is 0 Å². The Balaban J connectivity index is 1.17. The fourth-order valence-corrected chi connectivity index (χ4v) is 5.42. The van der Waals surface area contributed by atoms with Gasteiger partial charge in [-0.05, 0) is 49.2 Å². The lowest BCUT2D eigenvalue weighted by molar-refractivity contribution is -0.113. The number of aromatic nitrogens is 3. The standard InChI is InChI=1S/C23H21N5OS2/c29-22(15-30-23-25-19-5-1-2-6-20(19)31-23)24-17-9-7-16(8-10-17)18-11-12-21(27-26-18)28-13-3-4-14-28/h1-2,5-12H,3-4,13-15H2,(H,24,29). The molecule has 6 nitrogen and oxygen atoms in total. The molecule has 0 radical (unpaired) electrons. The number of carbonyl (C=O) groups excluding carboxylic acids is 1. The lowest BCUT2D eigenvalue weighted by Gasteiger charge is -2.15. The molecule has 0 bridgehead atoms. The Kier molecular flexibility index (Phi) is 5.82. The molecule has 0 unspecified atom stereocenters. The number of nitrogens with zero attached hydrogens (tertiary/aromatic N) is 4. The molecule has 1 aliphatic rings. The van der Waals surface area contributed by atoms with Crippen molar-refractivity contribution in [3.63, 3.8) is 0 Å². The maximum absolute atomic E-state index is 12.3. The number of anilines is 2. The zero-order valence-corrected chi connectivity index (χ0v) is 18.5. The molecule has 0 aliphatic carbocycles. The van der Waals surface area contributed by atoms with Gasteiger partial charge in [0.25, 0.3) is 0 Å². The highest BCUT2D eigenvalue weighted by Gasteiger charge is 2.14. The highest BCUT2D eigenvalue weighted by Crippen LogP contribution is 2.29. The fraction of sp³-hybridized carbons (Fsp3) is 0.217. The zero-order chi connectivity index (χ0) is 21.0. The van der Waals surface area contributed by atoms with Crippen LogP contribution in [0.4, 0.5) is 11.5 Å². The van der Waals surface area contributed by atoms with Crippen molar-refractivity contribution >= 4 is 50.7 Å². The molecule has 0 spiro atoms. The Labute approximate surface area is 188 Å². The van der Waals surface area contributed by atoms with Gasteiger partial charge < -0.3 is 10.2 Å². The number of rotatable bonds is 6. The monoisotopic (exact) mass is 447 g/mol. The third kappa shape index (κ3) is 4.70. The van der Waals surface area contributed by atoms with E-state index in [9.17, 15) is 4.79 Å². The molecular formula is C23H21N5OS2. The van der Waals surface area contributed by atoms with Crippen LogP contribution in [0.3, 0.4) is 0 Å². The Bertz CT molecular complexity index is 1150. The van der Waals surface area contributed by atoms with E-state index in [2.05, 4.69) is 25.4 Å². The second kappa shape index (κ2) is 9.03. The minimum atomic E-state index is -0.0493. The molecule has 156 valence electrons. The van der Waals surface area contributed by atoms with Crippen molar-refractivity contribution in [2.75, 3.05) is 29.1 Å². The first kappa shape index (κ1) is 20.0. The average molecular weight is 448 g/mol. The summed E-state index contributed by atoms with van der Waals surface area (Å²) in [6.45, 7) is 2.11. The van der Waals surface area contributed by atoms with E-state index in [1.54, 1.807) is 11.3 Å². The summed E-state index contributed by atoms with van der Waals surface area (Å²) in [6, 6.07) is 19.7. The molecule has 1 fully saturated rings. The molecular weight excluding hydrogens is 426 g/mol. The normalized spacial score (nSPS) is 13.6. The van der Waals surface area contributed by atoms with Crippen LogP contribution in [0.2, 0.25) is 0 Å². The predicted molar refractivity (Wildman–Crippen MR) is 128 cm³/mol. The van der Waals surface area contributed by atoms with Crippen LogP contribution >= 0.6 is 23.1 Å². The summed E-state index contributed by atoms with van der Waals surface area (Å²) in [7, 11) is 0. The van der Waals surface area contributed by atoms with Crippen LogP contribution in [0.5, 0.6) is 0 Å². The summed E-state index contributed by atoms with van der Waals surface area (Å²) < 4.78 is 2.04. The number of para-hydroxylation sites is 1. The molecule has 8 heteroatoms. The first-order valence-electron chi connectivity index (χ1n) is 10.2. The number of hydrogen-bond donors (Lipinski definition) is 1. The summed E-state index contributed by atoms with van der Waals surface area (Å²) in [5.74, 6) is 1.22. The molecule has 31 heavy (non-hydrogen) atoms. The minimum Gasteiger partial charge on any atom is -0.355 e. The molecule has 1 saturated heterocycles. The smallest absolute Gasteiger partial charge is 0.234 e. The SMILES string of the molecule is O=C(CSc1nc2ccccc2s1)Nc1ccc(-c2ccc(N3CCCC3)nn2)cc1. The first-order chi connectivity index (χ1) is 15.2. The van der Waals surface area contributed by atoms with Gasteiger partial charge in [-0.2, -0.15) is 0 Å². The van der Waals surface area contributed by atoms with Crippen molar-refractivity contribution in [3.8, 4) is 11.3 Å². The number of nitrogens with one attached hydrogen (secondary N) is 1. The van der Waals surface area contributed by atoms with Gasteiger partial charge in [-0.3, -0.25) is 4.79 Å². The molecule has 0 atom stereocenters. The third-order valence-corrected chi connectivity index (χ3v) is 7.33. The van der Waals surface area contributed by atoms with Crippen LogP contribution in [0.1, 0.15) is 12.8 Å². The number of thiazole rings is 1.